The summed E-state index contributed by atoms with van der Waals surface area (Å²) in [6.45, 7) is 9.25. The van der Waals surface area contributed by atoms with Crippen molar-refractivity contribution in [2.24, 2.45) is 0 Å². The molecule has 7 nitrogen and oxygen atoms in total. The lowest BCUT2D eigenvalue weighted by atomic mass is 10.1. The van der Waals surface area contributed by atoms with Crippen LogP contribution in [0.2, 0.25) is 0 Å². The third-order valence-corrected chi connectivity index (χ3v) is 6.79. The topological polar surface area (TPSA) is 82.9 Å². The Labute approximate surface area is 185 Å². The molecule has 1 aliphatic rings. The Bertz CT molecular complexity index is 964. The normalized spacial score (nSPS) is 16.3. The quantitative estimate of drug-likeness (QED) is 0.705. The van der Waals surface area contributed by atoms with Crippen LogP contribution in [0.15, 0.2) is 52.0 Å². The number of benzene rings is 1. The first-order valence-corrected chi connectivity index (χ1v) is 12.3. The molecule has 0 aliphatic carbocycles. The number of nitrogens with one attached hydrogen (secondary N) is 1. The van der Waals surface area contributed by atoms with Gasteiger partial charge in [0.15, 0.2) is 5.76 Å². The maximum atomic E-state index is 12.9. The second-order valence-corrected chi connectivity index (χ2v) is 10.7. The van der Waals surface area contributed by atoms with Crippen LogP contribution in [0.1, 0.15) is 49.7 Å². The van der Waals surface area contributed by atoms with E-state index in [9.17, 15) is 13.2 Å². The highest BCUT2D eigenvalue weighted by atomic mass is 32.2. The van der Waals surface area contributed by atoms with Crippen LogP contribution in [-0.4, -0.2) is 62.4 Å². The van der Waals surface area contributed by atoms with E-state index in [0.717, 1.165) is 38.9 Å². The van der Waals surface area contributed by atoms with Gasteiger partial charge in [-0.15, -0.1) is 0 Å². The highest BCUT2D eigenvalue weighted by Crippen LogP contribution is 2.18. The fraction of sp³-hybridized carbons (Fsp3) is 0.522. The van der Waals surface area contributed by atoms with E-state index >= 15 is 0 Å². The number of aryl methyl sites for hydroxylation is 1. The summed E-state index contributed by atoms with van der Waals surface area (Å²) in [6.07, 6.45) is 3.01. The molecule has 1 N–H and O–H groups in total. The van der Waals surface area contributed by atoms with E-state index < -0.39 is 15.6 Å². The van der Waals surface area contributed by atoms with Crippen LogP contribution in [0, 0.1) is 0 Å². The molecule has 0 saturated carbocycles. The van der Waals surface area contributed by atoms with E-state index in [1.54, 1.807) is 25.7 Å². The van der Waals surface area contributed by atoms with Gasteiger partial charge in [0.25, 0.3) is 15.9 Å². The summed E-state index contributed by atoms with van der Waals surface area (Å²) in [4.78, 5) is 17.0. The number of carbonyl (C=O) groups excluding carboxylic acids is 1. The maximum absolute atomic E-state index is 12.9. The number of carbonyl (C=O) groups is 1. The van der Waals surface area contributed by atoms with Crippen molar-refractivity contribution in [3.63, 3.8) is 0 Å². The average Bonchev–Trinajstić information content (AvgIpc) is 3.09. The molecule has 1 amide bonds. The monoisotopic (exact) mass is 447 g/mol. The van der Waals surface area contributed by atoms with E-state index in [1.807, 2.05) is 6.07 Å². The molecule has 0 atom stereocenters. The molecule has 31 heavy (non-hydrogen) atoms. The lowest BCUT2D eigenvalue weighted by Crippen LogP contribution is -2.40. The molecule has 1 aliphatic heterocycles. The second-order valence-electron chi connectivity index (χ2n) is 9.05. The minimum absolute atomic E-state index is 0.0619. The van der Waals surface area contributed by atoms with Gasteiger partial charge in [-0.05, 0) is 70.8 Å². The van der Waals surface area contributed by atoms with Gasteiger partial charge in [0.05, 0.1) is 0 Å². The summed E-state index contributed by atoms with van der Waals surface area (Å²) in [5.74, 6) is -0.199. The van der Waals surface area contributed by atoms with Gasteiger partial charge in [-0.3, -0.25) is 4.79 Å². The van der Waals surface area contributed by atoms with Crippen molar-refractivity contribution in [1.29, 1.82) is 0 Å². The summed E-state index contributed by atoms with van der Waals surface area (Å²) >= 11 is 0. The molecule has 2 aromatic rings. The minimum Gasteiger partial charge on any atom is -0.438 e. The molecule has 0 bridgehead atoms. The van der Waals surface area contributed by atoms with E-state index in [1.165, 1.54) is 17.7 Å². The molecule has 1 saturated heterocycles. The summed E-state index contributed by atoms with van der Waals surface area (Å²) in [7, 11) is -3.81. The molecular formula is C23H33N3O4S. The number of furan rings is 1. The Morgan fingerprint density at radius 2 is 1.77 bits per heavy atom. The second kappa shape index (κ2) is 9.97. The van der Waals surface area contributed by atoms with Crippen LogP contribution in [0.25, 0.3) is 0 Å². The van der Waals surface area contributed by atoms with Crippen LogP contribution < -0.4 is 4.72 Å². The van der Waals surface area contributed by atoms with Gasteiger partial charge in [-0.25, -0.2) is 13.1 Å². The van der Waals surface area contributed by atoms with Crippen LogP contribution >= 0.6 is 0 Å². The van der Waals surface area contributed by atoms with Crippen molar-refractivity contribution in [3.05, 3.63) is 53.8 Å². The van der Waals surface area contributed by atoms with Crippen molar-refractivity contribution in [2.75, 3.05) is 32.7 Å². The number of sulfonamides is 1. The van der Waals surface area contributed by atoms with E-state index in [2.05, 4.69) is 33.9 Å². The van der Waals surface area contributed by atoms with Crippen molar-refractivity contribution >= 4 is 15.9 Å². The van der Waals surface area contributed by atoms with Gasteiger partial charge in [-0.1, -0.05) is 30.3 Å². The third-order valence-electron chi connectivity index (χ3n) is 5.16. The fourth-order valence-corrected chi connectivity index (χ4v) is 5.09. The fourth-order valence-electron chi connectivity index (χ4n) is 3.74. The van der Waals surface area contributed by atoms with Gasteiger partial charge in [-0.2, -0.15) is 0 Å². The van der Waals surface area contributed by atoms with Crippen LogP contribution in [-0.2, 0) is 16.4 Å². The van der Waals surface area contributed by atoms with Gasteiger partial charge >= 0.3 is 0 Å². The van der Waals surface area contributed by atoms with Crippen molar-refractivity contribution in [2.45, 2.75) is 50.7 Å². The Morgan fingerprint density at radius 3 is 2.48 bits per heavy atom. The lowest BCUT2D eigenvalue weighted by molar-refractivity contribution is 0.0723. The number of rotatable bonds is 7. The third kappa shape index (κ3) is 6.92. The average molecular weight is 448 g/mol. The summed E-state index contributed by atoms with van der Waals surface area (Å²) in [5, 5.41) is -0.233. The molecular weight excluding hydrogens is 414 g/mol. The summed E-state index contributed by atoms with van der Waals surface area (Å²) in [5.41, 5.74) is 0.712. The van der Waals surface area contributed by atoms with Crippen molar-refractivity contribution < 1.29 is 17.6 Å². The van der Waals surface area contributed by atoms with Gasteiger partial charge in [0.1, 0.15) is 0 Å². The highest BCUT2D eigenvalue weighted by Gasteiger charge is 2.28. The summed E-state index contributed by atoms with van der Waals surface area (Å²) < 4.78 is 32.8. The maximum Gasteiger partial charge on any atom is 0.289 e. The molecule has 1 aromatic heterocycles. The number of hydrogen-bond donors (Lipinski definition) is 1. The van der Waals surface area contributed by atoms with Crippen LogP contribution in [0.5, 0.6) is 0 Å². The predicted octanol–water partition coefficient (Wildman–Crippen LogP) is 3.14. The first kappa shape index (κ1) is 23.5. The van der Waals surface area contributed by atoms with E-state index in [4.69, 9.17) is 4.42 Å². The predicted molar refractivity (Wildman–Crippen MR) is 121 cm³/mol. The first-order valence-electron chi connectivity index (χ1n) is 10.8. The van der Waals surface area contributed by atoms with Crippen LogP contribution in [0.3, 0.4) is 0 Å². The highest BCUT2D eigenvalue weighted by molar-refractivity contribution is 7.89. The van der Waals surface area contributed by atoms with Gasteiger partial charge in [0.2, 0.25) is 5.09 Å². The molecule has 1 fully saturated rings. The number of nitrogens with zero attached hydrogens (tertiary/aromatic N) is 2. The molecule has 2 heterocycles. The Morgan fingerprint density at radius 1 is 1.03 bits per heavy atom. The number of hydrogen-bond acceptors (Lipinski definition) is 5. The Hall–Kier alpha value is -2.16. The standard InChI is InChI=1S/C23H33N3O4S/c1-23(2,3)24-31(28,29)21-13-12-20(30-21)22(27)26-16-8-15-25(17-18-26)14-7-11-19-9-5-4-6-10-19/h4-6,9-10,12-13,24H,7-8,11,14-18H2,1-3H3. The molecule has 0 spiro atoms. The minimum atomic E-state index is -3.81. The number of amides is 1. The molecule has 1 aromatic carbocycles. The van der Waals surface area contributed by atoms with Gasteiger partial charge in [0, 0.05) is 25.2 Å². The molecule has 170 valence electrons. The zero-order chi connectivity index (χ0) is 22.5. The molecule has 0 unspecified atom stereocenters. The SMILES string of the molecule is CC(C)(C)NS(=O)(=O)c1ccc(C(=O)N2CCCN(CCCc3ccccc3)CC2)o1. The smallest absolute Gasteiger partial charge is 0.289 e. The first-order chi connectivity index (χ1) is 14.6. The zero-order valence-corrected chi connectivity index (χ0v) is 19.5. The van der Waals surface area contributed by atoms with Crippen molar-refractivity contribution in [3.8, 4) is 0 Å². The van der Waals surface area contributed by atoms with Gasteiger partial charge < -0.3 is 14.2 Å². The molecule has 0 radical (unpaired) electrons. The Kier molecular flexibility index (Phi) is 7.56. The molecule has 8 heteroatoms. The zero-order valence-electron chi connectivity index (χ0n) is 18.6. The van der Waals surface area contributed by atoms with E-state index in [0.29, 0.717) is 13.1 Å². The molecule has 3 rings (SSSR count). The summed E-state index contributed by atoms with van der Waals surface area (Å²) in [6, 6.07) is 13.2. The van der Waals surface area contributed by atoms with Crippen LogP contribution in [0.4, 0.5) is 0 Å². The Balaban J connectivity index is 1.53. The lowest BCUT2D eigenvalue weighted by Gasteiger charge is -2.21. The van der Waals surface area contributed by atoms with E-state index in [-0.39, 0.29) is 16.8 Å². The van der Waals surface area contributed by atoms with Crippen molar-refractivity contribution in [1.82, 2.24) is 14.5 Å². The largest absolute Gasteiger partial charge is 0.438 e.